The van der Waals surface area contributed by atoms with Crippen LogP contribution in [0, 0.1) is 0 Å². The number of aliphatic imine (C=N–C) groups is 1. The third-order valence-electron chi connectivity index (χ3n) is 6.73. The summed E-state index contributed by atoms with van der Waals surface area (Å²) in [7, 11) is 1.87. The largest absolute Gasteiger partial charge is 0.379 e. The Bertz CT molecular complexity index is 692. The zero-order chi connectivity index (χ0) is 22.0. The highest BCUT2D eigenvalue weighted by atomic mass is 16.5. The zero-order valence-electron chi connectivity index (χ0n) is 19.6. The number of hydrogen-bond donors (Lipinski definition) is 1. The average Bonchev–Trinajstić information content (AvgIpc) is 2.86. The summed E-state index contributed by atoms with van der Waals surface area (Å²) in [5.74, 6) is 0.983. The molecule has 0 aromatic heterocycles. The molecule has 1 unspecified atom stereocenters. The molecule has 0 spiro atoms. The molecule has 0 radical (unpaired) electrons. The summed E-state index contributed by atoms with van der Waals surface area (Å²) in [5.41, 5.74) is 2.64. The predicted molar refractivity (Wildman–Crippen MR) is 127 cm³/mol. The van der Waals surface area contributed by atoms with Crippen LogP contribution in [0.1, 0.15) is 43.2 Å². The number of ether oxygens (including phenoxy) is 3. The van der Waals surface area contributed by atoms with Gasteiger partial charge in [-0.2, -0.15) is 0 Å². The van der Waals surface area contributed by atoms with Crippen molar-refractivity contribution in [3.63, 3.8) is 0 Å². The number of likely N-dealkylation sites (tertiary alicyclic amines) is 1. The molecule has 0 saturated carbocycles. The molecule has 0 bridgehead atoms. The van der Waals surface area contributed by atoms with Gasteiger partial charge in [-0.3, -0.25) is 9.89 Å². The van der Waals surface area contributed by atoms with Gasteiger partial charge in [-0.15, -0.1) is 0 Å². The standard InChI is InChI=1S/C25H40N4O3/c1-26-25(29-11-9-23(10-12-29)32-20-24-4-2-3-15-31-24)27-18-21-5-7-22(8-6-21)19-28-13-16-30-17-14-28/h5-8,23-24H,2-4,9-20H2,1H3,(H,26,27). The first-order valence-electron chi connectivity index (χ1n) is 12.4. The second-order valence-corrected chi connectivity index (χ2v) is 9.11. The Balaban J connectivity index is 1.16. The number of nitrogens with one attached hydrogen (secondary N) is 1. The lowest BCUT2D eigenvalue weighted by atomic mass is 10.1. The summed E-state index contributed by atoms with van der Waals surface area (Å²) in [6, 6.07) is 8.94. The van der Waals surface area contributed by atoms with Crippen molar-refractivity contribution in [2.45, 2.75) is 57.4 Å². The van der Waals surface area contributed by atoms with E-state index in [0.717, 1.165) is 90.9 Å². The minimum absolute atomic E-state index is 0.302. The summed E-state index contributed by atoms with van der Waals surface area (Å²) in [4.78, 5) is 9.32. The number of benzene rings is 1. The van der Waals surface area contributed by atoms with Crippen LogP contribution in [-0.4, -0.2) is 87.6 Å². The van der Waals surface area contributed by atoms with E-state index in [0.29, 0.717) is 12.2 Å². The highest BCUT2D eigenvalue weighted by Crippen LogP contribution is 2.18. The van der Waals surface area contributed by atoms with Crippen molar-refractivity contribution in [2.24, 2.45) is 4.99 Å². The molecule has 178 valence electrons. The molecule has 3 aliphatic rings. The van der Waals surface area contributed by atoms with Crippen LogP contribution in [0.3, 0.4) is 0 Å². The SMILES string of the molecule is CN=C(NCc1ccc(CN2CCOCC2)cc1)N1CCC(OCC2CCCCO2)CC1. The van der Waals surface area contributed by atoms with Gasteiger partial charge in [-0.25, -0.2) is 0 Å². The van der Waals surface area contributed by atoms with E-state index in [-0.39, 0.29) is 0 Å². The molecular weight excluding hydrogens is 404 g/mol. The summed E-state index contributed by atoms with van der Waals surface area (Å²) in [5, 5.41) is 3.54. The average molecular weight is 445 g/mol. The molecule has 3 fully saturated rings. The van der Waals surface area contributed by atoms with E-state index in [1.54, 1.807) is 0 Å². The van der Waals surface area contributed by atoms with Crippen LogP contribution < -0.4 is 5.32 Å². The lowest BCUT2D eigenvalue weighted by molar-refractivity contribution is -0.0721. The van der Waals surface area contributed by atoms with E-state index in [2.05, 4.69) is 44.4 Å². The molecule has 0 aliphatic carbocycles. The molecule has 0 amide bonds. The topological polar surface area (TPSA) is 58.6 Å². The van der Waals surface area contributed by atoms with Gasteiger partial charge in [0, 0.05) is 52.9 Å². The predicted octanol–water partition coefficient (Wildman–Crippen LogP) is 2.64. The van der Waals surface area contributed by atoms with Gasteiger partial charge in [0.1, 0.15) is 0 Å². The van der Waals surface area contributed by atoms with Gasteiger partial charge < -0.3 is 24.4 Å². The smallest absolute Gasteiger partial charge is 0.193 e. The fourth-order valence-corrected chi connectivity index (χ4v) is 4.71. The van der Waals surface area contributed by atoms with E-state index >= 15 is 0 Å². The summed E-state index contributed by atoms with van der Waals surface area (Å²) >= 11 is 0. The Hall–Kier alpha value is -1.67. The molecule has 1 aromatic rings. The molecule has 7 heteroatoms. The van der Waals surface area contributed by atoms with Gasteiger partial charge in [-0.05, 0) is 43.2 Å². The summed E-state index contributed by atoms with van der Waals surface area (Å²) < 4.78 is 17.4. The Morgan fingerprint density at radius 3 is 2.44 bits per heavy atom. The van der Waals surface area contributed by atoms with Crippen molar-refractivity contribution in [2.75, 3.05) is 59.7 Å². The molecule has 1 N–H and O–H groups in total. The van der Waals surface area contributed by atoms with Crippen LogP contribution in [0.25, 0.3) is 0 Å². The van der Waals surface area contributed by atoms with Crippen molar-refractivity contribution in [1.29, 1.82) is 0 Å². The number of guanidine groups is 1. The third-order valence-corrected chi connectivity index (χ3v) is 6.73. The van der Waals surface area contributed by atoms with Crippen LogP contribution in [0.4, 0.5) is 0 Å². The van der Waals surface area contributed by atoms with Crippen molar-refractivity contribution in [1.82, 2.24) is 15.1 Å². The highest BCUT2D eigenvalue weighted by Gasteiger charge is 2.23. The van der Waals surface area contributed by atoms with E-state index in [4.69, 9.17) is 14.2 Å². The summed E-state index contributed by atoms with van der Waals surface area (Å²) in [6.07, 6.45) is 6.34. The highest BCUT2D eigenvalue weighted by molar-refractivity contribution is 5.79. The molecule has 3 saturated heterocycles. The Labute approximate surface area is 193 Å². The van der Waals surface area contributed by atoms with Crippen molar-refractivity contribution >= 4 is 5.96 Å². The first-order chi connectivity index (χ1) is 15.8. The fraction of sp³-hybridized carbons (Fsp3) is 0.720. The van der Waals surface area contributed by atoms with E-state index in [9.17, 15) is 0 Å². The van der Waals surface area contributed by atoms with E-state index in [1.165, 1.54) is 24.0 Å². The molecule has 32 heavy (non-hydrogen) atoms. The van der Waals surface area contributed by atoms with Gasteiger partial charge in [0.25, 0.3) is 0 Å². The van der Waals surface area contributed by atoms with Gasteiger partial charge in [0.2, 0.25) is 0 Å². The minimum atomic E-state index is 0.302. The maximum Gasteiger partial charge on any atom is 0.193 e. The van der Waals surface area contributed by atoms with Crippen LogP contribution >= 0.6 is 0 Å². The van der Waals surface area contributed by atoms with E-state index < -0.39 is 0 Å². The van der Waals surface area contributed by atoms with Gasteiger partial charge in [0.05, 0.1) is 32.0 Å². The second-order valence-electron chi connectivity index (χ2n) is 9.11. The van der Waals surface area contributed by atoms with Gasteiger partial charge in [0.15, 0.2) is 5.96 Å². The molecule has 7 nitrogen and oxygen atoms in total. The number of piperidine rings is 1. The lowest BCUT2D eigenvalue weighted by Gasteiger charge is -2.35. The van der Waals surface area contributed by atoms with Gasteiger partial charge in [-0.1, -0.05) is 24.3 Å². The lowest BCUT2D eigenvalue weighted by Crippen LogP contribution is -2.47. The van der Waals surface area contributed by atoms with Crippen molar-refractivity contribution in [3.8, 4) is 0 Å². The number of nitrogens with zero attached hydrogens (tertiary/aromatic N) is 3. The Kier molecular flexibility index (Phi) is 9.20. The van der Waals surface area contributed by atoms with Crippen LogP contribution in [0.5, 0.6) is 0 Å². The molecular formula is C25H40N4O3. The second kappa shape index (κ2) is 12.5. The maximum atomic E-state index is 6.16. The Morgan fingerprint density at radius 1 is 1.00 bits per heavy atom. The normalized spacial score (nSPS) is 24.0. The first kappa shape index (κ1) is 23.5. The van der Waals surface area contributed by atoms with Crippen LogP contribution in [-0.2, 0) is 27.3 Å². The molecule has 4 rings (SSSR count). The van der Waals surface area contributed by atoms with Crippen molar-refractivity contribution in [3.05, 3.63) is 35.4 Å². The minimum Gasteiger partial charge on any atom is -0.379 e. The number of rotatable bonds is 7. The van der Waals surface area contributed by atoms with Crippen molar-refractivity contribution < 1.29 is 14.2 Å². The molecule has 1 atom stereocenters. The zero-order valence-corrected chi connectivity index (χ0v) is 19.6. The fourth-order valence-electron chi connectivity index (χ4n) is 4.71. The number of hydrogen-bond acceptors (Lipinski definition) is 5. The first-order valence-corrected chi connectivity index (χ1v) is 12.4. The molecule has 3 aliphatic heterocycles. The molecule has 3 heterocycles. The quantitative estimate of drug-likeness (QED) is 0.515. The summed E-state index contributed by atoms with van der Waals surface area (Å²) in [6.45, 7) is 9.14. The Morgan fingerprint density at radius 2 is 1.75 bits per heavy atom. The maximum absolute atomic E-state index is 6.16. The molecule has 1 aromatic carbocycles. The van der Waals surface area contributed by atoms with Crippen LogP contribution in [0.2, 0.25) is 0 Å². The third kappa shape index (κ3) is 7.17. The monoisotopic (exact) mass is 444 g/mol. The number of morpholine rings is 1. The van der Waals surface area contributed by atoms with Crippen LogP contribution in [0.15, 0.2) is 29.3 Å². The van der Waals surface area contributed by atoms with E-state index in [1.807, 2.05) is 7.05 Å². The van der Waals surface area contributed by atoms with Gasteiger partial charge >= 0.3 is 0 Å².